The number of benzene rings is 1. The maximum absolute atomic E-state index is 6.02. The molecule has 0 spiro atoms. The number of alkyl halides is 1. The third kappa shape index (κ3) is 2.50. The first kappa shape index (κ1) is 12.5. The number of halogens is 2. The predicted octanol–water partition coefficient (Wildman–Crippen LogP) is 4.73. The maximum atomic E-state index is 6.02. The molecule has 1 unspecified atom stereocenters. The summed E-state index contributed by atoms with van der Waals surface area (Å²) in [7, 11) is 1.65. The number of hydrogen-bond acceptors (Lipinski definition) is 2. The SMILES string of the molecule is COc1ccc(Cl)cc1C(Br)c1ccoc1C. The van der Waals surface area contributed by atoms with Crippen LogP contribution in [0.25, 0.3) is 0 Å². The van der Waals surface area contributed by atoms with Gasteiger partial charge in [-0.3, -0.25) is 0 Å². The van der Waals surface area contributed by atoms with Crippen LogP contribution in [0.1, 0.15) is 21.7 Å². The largest absolute Gasteiger partial charge is 0.496 e. The zero-order chi connectivity index (χ0) is 12.4. The average Bonchev–Trinajstić information content (AvgIpc) is 2.74. The van der Waals surface area contributed by atoms with Crippen LogP contribution in [-0.4, -0.2) is 7.11 Å². The van der Waals surface area contributed by atoms with E-state index in [1.165, 1.54) is 0 Å². The third-order valence-corrected chi connectivity index (χ3v) is 3.86. The normalized spacial score (nSPS) is 12.5. The topological polar surface area (TPSA) is 22.4 Å². The second kappa shape index (κ2) is 5.15. The summed E-state index contributed by atoms with van der Waals surface area (Å²) in [6.07, 6.45) is 1.68. The van der Waals surface area contributed by atoms with E-state index in [1.54, 1.807) is 13.4 Å². The van der Waals surface area contributed by atoms with Gasteiger partial charge in [0.25, 0.3) is 0 Å². The molecule has 1 aromatic heterocycles. The molecule has 1 aromatic carbocycles. The van der Waals surface area contributed by atoms with Gasteiger partial charge in [-0.25, -0.2) is 0 Å². The minimum absolute atomic E-state index is 0.00917. The number of hydrogen-bond donors (Lipinski definition) is 0. The molecule has 0 fully saturated rings. The standard InChI is InChI=1S/C13H12BrClO2/c1-8-10(5-6-17-8)13(14)11-7-9(15)3-4-12(11)16-2/h3-7,13H,1-2H3. The van der Waals surface area contributed by atoms with Gasteiger partial charge in [-0.05, 0) is 31.2 Å². The van der Waals surface area contributed by atoms with Gasteiger partial charge in [-0.1, -0.05) is 27.5 Å². The van der Waals surface area contributed by atoms with Crippen LogP contribution in [0.15, 0.2) is 34.9 Å². The molecule has 0 bridgehead atoms. The van der Waals surface area contributed by atoms with Crippen LogP contribution < -0.4 is 4.74 Å². The molecule has 0 aliphatic rings. The van der Waals surface area contributed by atoms with Crippen LogP contribution in [0.4, 0.5) is 0 Å². The van der Waals surface area contributed by atoms with Gasteiger partial charge in [0.05, 0.1) is 18.2 Å². The second-order valence-electron chi connectivity index (χ2n) is 3.68. The van der Waals surface area contributed by atoms with Crippen molar-refractivity contribution in [2.75, 3.05) is 7.11 Å². The fourth-order valence-corrected chi connectivity index (χ4v) is 2.74. The summed E-state index contributed by atoms with van der Waals surface area (Å²) in [6, 6.07) is 7.51. The number of aryl methyl sites for hydroxylation is 1. The van der Waals surface area contributed by atoms with Gasteiger partial charge < -0.3 is 9.15 Å². The van der Waals surface area contributed by atoms with E-state index < -0.39 is 0 Å². The highest BCUT2D eigenvalue weighted by Crippen LogP contribution is 2.39. The Morgan fingerprint density at radius 1 is 1.29 bits per heavy atom. The van der Waals surface area contributed by atoms with Gasteiger partial charge in [-0.2, -0.15) is 0 Å². The molecular weight excluding hydrogens is 303 g/mol. The van der Waals surface area contributed by atoms with Crippen LogP contribution in [-0.2, 0) is 0 Å². The lowest BCUT2D eigenvalue weighted by Gasteiger charge is -2.14. The smallest absolute Gasteiger partial charge is 0.123 e. The van der Waals surface area contributed by atoms with E-state index in [0.717, 1.165) is 22.6 Å². The Bertz CT molecular complexity index is 522. The van der Waals surface area contributed by atoms with Gasteiger partial charge in [0.1, 0.15) is 11.5 Å². The van der Waals surface area contributed by atoms with Gasteiger partial charge in [-0.15, -0.1) is 0 Å². The summed E-state index contributed by atoms with van der Waals surface area (Å²) < 4.78 is 10.6. The van der Waals surface area contributed by atoms with E-state index in [0.29, 0.717) is 5.02 Å². The van der Waals surface area contributed by atoms with E-state index in [4.69, 9.17) is 20.8 Å². The predicted molar refractivity (Wildman–Crippen MR) is 72.2 cm³/mol. The van der Waals surface area contributed by atoms with Gasteiger partial charge in [0.2, 0.25) is 0 Å². The van der Waals surface area contributed by atoms with Crippen molar-refractivity contribution in [2.45, 2.75) is 11.8 Å². The lowest BCUT2D eigenvalue weighted by Crippen LogP contribution is -1.97. The van der Waals surface area contributed by atoms with Crippen molar-refractivity contribution in [3.63, 3.8) is 0 Å². The number of ether oxygens (including phenoxy) is 1. The van der Waals surface area contributed by atoms with Crippen molar-refractivity contribution in [2.24, 2.45) is 0 Å². The Morgan fingerprint density at radius 2 is 2.06 bits per heavy atom. The Kier molecular flexibility index (Phi) is 3.79. The molecule has 4 heteroatoms. The Morgan fingerprint density at radius 3 is 2.65 bits per heavy atom. The zero-order valence-electron chi connectivity index (χ0n) is 9.54. The molecule has 0 aliphatic heterocycles. The minimum atomic E-state index is 0.00917. The van der Waals surface area contributed by atoms with Crippen LogP contribution >= 0.6 is 27.5 Å². The van der Waals surface area contributed by atoms with Gasteiger partial charge in [0, 0.05) is 16.1 Å². The van der Waals surface area contributed by atoms with E-state index in [9.17, 15) is 0 Å². The first-order valence-electron chi connectivity index (χ1n) is 5.15. The van der Waals surface area contributed by atoms with E-state index in [-0.39, 0.29) is 4.83 Å². The van der Waals surface area contributed by atoms with Crippen LogP contribution in [0, 0.1) is 6.92 Å². The van der Waals surface area contributed by atoms with Crippen molar-refractivity contribution in [3.05, 3.63) is 52.4 Å². The van der Waals surface area contributed by atoms with E-state index in [1.807, 2.05) is 31.2 Å². The Labute approximate surface area is 114 Å². The van der Waals surface area contributed by atoms with Crippen molar-refractivity contribution >= 4 is 27.5 Å². The fraction of sp³-hybridized carbons (Fsp3) is 0.231. The summed E-state index contributed by atoms with van der Waals surface area (Å²) in [5.74, 6) is 1.69. The van der Waals surface area contributed by atoms with E-state index in [2.05, 4.69) is 15.9 Å². The zero-order valence-corrected chi connectivity index (χ0v) is 11.9. The molecule has 0 saturated heterocycles. The molecule has 0 radical (unpaired) electrons. The molecule has 0 saturated carbocycles. The van der Waals surface area contributed by atoms with Gasteiger partial charge in [0.15, 0.2) is 0 Å². The summed E-state index contributed by atoms with van der Waals surface area (Å²) >= 11 is 9.67. The monoisotopic (exact) mass is 314 g/mol. The fourth-order valence-electron chi connectivity index (χ4n) is 1.73. The molecule has 17 heavy (non-hydrogen) atoms. The quantitative estimate of drug-likeness (QED) is 0.764. The highest BCUT2D eigenvalue weighted by Gasteiger charge is 2.18. The molecule has 0 amide bonds. The van der Waals surface area contributed by atoms with Crippen molar-refractivity contribution < 1.29 is 9.15 Å². The molecule has 2 aromatic rings. The lowest BCUT2D eigenvalue weighted by atomic mass is 10.0. The molecule has 0 aliphatic carbocycles. The molecule has 2 rings (SSSR count). The average molecular weight is 316 g/mol. The number of furan rings is 1. The third-order valence-electron chi connectivity index (χ3n) is 2.64. The highest BCUT2D eigenvalue weighted by molar-refractivity contribution is 9.09. The Hall–Kier alpha value is -0.930. The summed E-state index contributed by atoms with van der Waals surface area (Å²) in [5.41, 5.74) is 2.06. The van der Waals surface area contributed by atoms with Crippen LogP contribution in [0.3, 0.4) is 0 Å². The van der Waals surface area contributed by atoms with Crippen molar-refractivity contribution in [3.8, 4) is 5.75 Å². The maximum Gasteiger partial charge on any atom is 0.123 e. The molecule has 1 heterocycles. The first-order valence-corrected chi connectivity index (χ1v) is 6.44. The van der Waals surface area contributed by atoms with Crippen molar-refractivity contribution in [1.29, 1.82) is 0 Å². The molecule has 0 N–H and O–H groups in total. The number of rotatable bonds is 3. The van der Waals surface area contributed by atoms with Crippen LogP contribution in [0.5, 0.6) is 5.75 Å². The highest BCUT2D eigenvalue weighted by atomic mass is 79.9. The molecular formula is C13H12BrClO2. The summed E-state index contributed by atoms with van der Waals surface area (Å²) in [5, 5.41) is 0.686. The summed E-state index contributed by atoms with van der Waals surface area (Å²) in [6.45, 7) is 1.93. The summed E-state index contributed by atoms with van der Waals surface area (Å²) in [4.78, 5) is 0.00917. The van der Waals surface area contributed by atoms with Gasteiger partial charge >= 0.3 is 0 Å². The number of methoxy groups -OCH3 is 1. The van der Waals surface area contributed by atoms with Crippen molar-refractivity contribution in [1.82, 2.24) is 0 Å². The first-order chi connectivity index (χ1) is 8.13. The molecule has 90 valence electrons. The van der Waals surface area contributed by atoms with E-state index >= 15 is 0 Å². The second-order valence-corrected chi connectivity index (χ2v) is 5.03. The minimum Gasteiger partial charge on any atom is -0.496 e. The molecule has 2 nitrogen and oxygen atoms in total. The lowest BCUT2D eigenvalue weighted by molar-refractivity contribution is 0.410. The Balaban J connectivity index is 2.46. The van der Waals surface area contributed by atoms with Crippen LogP contribution in [0.2, 0.25) is 5.02 Å². The molecule has 1 atom stereocenters.